The van der Waals surface area contributed by atoms with E-state index in [2.05, 4.69) is 39.6 Å². The van der Waals surface area contributed by atoms with E-state index in [1.807, 2.05) is 19.1 Å². The van der Waals surface area contributed by atoms with Crippen LogP contribution in [0.3, 0.4) is 0 Å². The number of nitrogens with zero attached hydrogens (tertiary/aromatic N) is 2. The Bertz CT molecular complexity index is 558. The van der Waals surface area contributed by atoms with E-state index in [0.29, 0.717) is 0 Å². The highest BCUT2D eigenvalue weighted by Crippen LogP contribution is 2.25. The minimum Gasteiger partial charge on any atom is -0.497 e. The second-order valence-electron chi connectivity index (χ2n) is 4.80. The molecule has 0 fully saturated rings. The molecule has 0 bridgehead atoms. The number of hydrogen-bond donors (Lipinski definition) is 2. The number of rotatable bonds is 8. The number of aromatic nitrogens is 3. The zero-order chi connectivity index (χ0) is 15.1. The highest BCUT2D eigenvalue weighted by Gasteiger charge is 2.13. The van der Waals surface area contributed by atoms with Crippen LogP contribution in [-0.2, 0) is 0 Å². The number of benzene rings is 1. The van der Waals surface area contributed by atoms with Crippen molar-refractivity contribution in [1.29, 1.82) is 0 Å². The molecule has 0 aliphatic carbocycles. The smallest absolute Gasteiger partial charge is 0.208 e. The molecule has 0 spiro atoms. The normalized spacial score (nSPS) is 12.3. The molecule has 114 valence electrons. The first-order valence-electron chi connectivity index (χ1n) is 7.12. The molecule has 2 rings (SSSR count). The van der Waals surface area contributed by atoms with E-state index in [1.165, 1.54) is 5.56 Å². The van der Waals surface area contributed by atoms with Gasteiger partial charge in [0, 0.05) is 11.8 Å². The first-order chi connectivity index (χ1) is 10.2. The summed E-state index contributed by atoms with van der Waals surface area (Å²) in [6.07, 6.45) is 1.10. The first kappa shape index (κ1) is 15.9. The van der Waals surface area contributed by atoms with E-state index in [1.54, 1.807) is 18.9 Å². The summed E-state index contributed by atoms with van der Waals surface area (Å²) in [6.45, 7) is 5.06. The predicted octanol–water partition coefficient (Wildman–Crippen LogP) is 2.95. The molecule has 1 atom stereocenters. The zero-order valence-corrected chi connectivity index (χ0v) is 13.5. The van der Waals surface area contributed by atoms with Gasteiger partial charge in [-0.3, -0.25) is 5.10 Å². The SMILES string of the molecule is CCCNC(CSc1n[nH]c(C)n1)c1cccc(OC)c1. The Morgan fingerprint density at radius 1 is 1.43 bits per heavy atom. The lowest BCUT2D eigenvalue weighted by atomic mass is 10.1. The van der Waals surface area contributed by atoms with Gasteiger partial charge >= 0.3 is 0 Å². The fraction of sp³-hybridized carbons (Fsp3) is 0.467. The van der Waals surface area contributed by atoms with Crippen molar-refractivity contribution in [1.82, 2.24) is 20.5 Å². The molecule has 5 nitrogen and oxygen atoms in total. The number of nitrogens with one attached hydrogen (secondary N) is 2. The maximum Gasteiger partial charge on any atom is 0.208 e. The van der Waals surface area contributed by atoms with Gasteiger partial charge in [0.2, 0.25) is 5.16 Å². The van der Waals surface area contributed by atoms with E-state index in [4.69, 9.17) is 4.74 Å². The van der Waals surface area contributed by atoms with Crippen LogP contribution in [-0.4, -0.2) is 34.6 Å². The summed E-state index contributed by atoms with van der Waals surface area (Å²) < 4.78 is 5.31. The Morgan fingerprint density at radius 2 is 2.29 bits per heavy atom. The summed E-state index contributed by atoms with van der Waals surface area (Å²) in [5.41, 5.74) is 1.22. The van der Waals surface area contributed by atoms with Gasteiger partial charge < -0.3 is 10.1 Å². The standard InChI is InChI=1S/C15H22N4OS/c1-4-8-16-14(10-21-15-17-11(2)18-19-15)12-6-5-7-13(9-12)20-3/h5-7,9,14,16H,4,8,10H2,1-3H3,(H,17,18,19). The van der Waals surface area contributed by atoms with Crippen LogP contribution in [0.2, 0.25) is 0 Å². The van der Waals surface area contributed by atoms with Crippen LogP contribution in [0.5, 0.6) is 5.75 Å². The third kappa shape index (κ3) is 4.75. The Hall–Kier alpha value is -1.53. The van der Waals surface area contributed by atoms with Crippen molar-refractivity contribution in [3.63, 3.8) is 0 Å². The monoisotopic (exact) mass is 306 g/mol. The number of ether oxygens (including phenoxy) is 1. The van der Waals surface area contributed by atoms with E-state index < -0.39 is 0 Å². The van der Waals surface area contributed by atoms with Crippen LogP contribution in [0.15, 0.2) is 29.4 Å². The van der Waals surface area contributed by atoms with E-state index >= 15 is 0 Å². The lowest BCUT2D eigenvalue weighted by molar-refractivity contribution is 0.413. The maximum atomic E-state index is 5.31. The number of H-pyrrole nitrogens is 1. The molecule has 0 saturated carbocycles. The van der Waals surface area contributed by atoms with Gasteiger partial charge in [-0.25, -0.2) is 4.98 Å². The molecule has 1 heterocycles. The minimum atomic E-state index is 0.254. The van der Waals surface area contributed by atoms with E-state index in [-0.39, 0.29) is 6.04 Å². The average Bonchev–Trinajstić information content (AvgIpc) is 2.93. The zero-order valence-electron chi connectivity index (χ0n) is 12.7. The molecular formula is C15H22N4OS. The van der Waals surface area contributed by atoms with Crippen molar-refractivity contribution < 1.29 is 4.74 Å². The highest BCUT2D eigenvalue weighted by molar-refractivity contribution is 7.99. The first-order valence-corrected chi connectivity index (χ1v) is 8.10. The van der Waals surface area contributed by atoms with Crippen LogP contribution < -0.4 is 10.1 Å². The van der Waals surface area contributed by atoms with Gasteiger partial charge in [-0.15, -0.1) is 5.10 Å². The van der Waals surface area contributed by atoms with Crippen LogP contribution in [0.25, 0.3) is 0 Å². The average molecular weight is 306 g/mol. The second-order valence-corrected chi connectivity index (χ2v) is 5.78. The number of aryl methyl sites for hydroxylation is 1. The van der Waals surface area contributed by atoms with Crippen LogP contribution in [0, 0.1) is 6.92 Å². The van der Waals surface area contributed by atoms with Crippen molar-refractivity contribution in [2.75, 3.05) is 19.4 Å². The van der Waals surface area contributed by atoms with Gasteiger partial charge in [0.25, 0.3) is 0 Å². The molecular weight excluding hydrogens is 284 g/mol. The Kier molecular flexibility index (Phi) is 6.07. The molecule has 1 unspecified atom stereocenters. The molecule has 0 saturated heterocycles. The summed E-state index contributed by atoms with van der Waals surface area (Å²) in [7, 11) is 1.69. The topological polar surface area (TPSA) is 62.8 Å². The van der Waals surface area contributed by atoms with Gasteiger partial charge in [0.05, 0.1) is 7.11 Å². The number of thioether (sulfide) groups is 1. The van der Waals surface area contributed by atoms with Crippen molar-refractivity contribution in [3.8, 4) is 5.75 Å². The number of hydrogen-bond acceptors (Lipinski definition) is 5. The Labute approximate surface area is 129 Å². The Morgan fingerprint density at radius 3 is 2.95 bits per heavy atom. The molecule has 0 aliphatic rings. The third-order valence-corrected chi connectivity index (χ3v) is 4.03. The summed E-state index contributed by atoms with van der Waals surface area (Å²) in [6, 6.07) is 8.45. The third-order valence-electron chi connectivity index (χ3n) is 3.09. The van der Waals surface area contributed by atoms with E-state index in [9.17, 15) is 0 Å². The molecule has 0 amide bonds. The molecule has 0 radical (unpaired) electrons. The highest BCUT2D eigenvalue weighted by atomic mass is 32.2. The number of aromatic amines is 1. The van der Waals surface area contributed by atoms with Crippen LogP contribution in [0.1, 0.15) is 30.8 Å². The maximum absolute atomic E-state index is 5.31. The predicted molar refractivity (Wildman–Crippen MR) is 85.9 cm³/mol. The fourth-order valence-corrected chi connectivity index (χ4v) is 2.93. The molecule has 1 aromatic heterocycles. The minimum absolute atomic E-state index is 0.254. The summed E-state index contributed by atoms with van der Waals surface area (Å²) >= 11 is 1.65. The van der Waals surface area contributed by atoms with Crippen molar-refractivity contribution >= 4 is 11.8 Å². The lowest BCUT2D eigenvalue weighted by Crippen LogP contribution is -2.24. The fourth-order valence-electron chi connectivity index (χ4n) is 1.99. The van der Waals surface area contributed by atoms with Crippen molar-refractivity contribution in [2.45, 2.75) is 31.5 Å². The van der Waals surface area contributed by atoms with Crippen molar-refractivity contribution in [2.24, 2.45) is 0 Å². The number of methoxy groups -OCH3 is 1. The van der Waals surface area contributed by atoms with Crippen LogP contribution in [0.4, 0.5) is 0 Å². The molecule has 6 heteroatoms. The van der Waals surface area contributed by atoms with Gasteiger partial charge in [-0.2, -0.15) is 0 Å². The molecule has 2 N–H and O–H groups in total. The molecule has 1 aromatic carbocycles. The lowest BCUT2D eigenvalue weighted by Gasteiger charge is -2.18. The largest absolute Gasteiger partial charge is 0.497 e. The summed E-state index contributed by atoms with van der Waals surface area (Å²) in [5.74, 6) is 2.61. The molecule has 2 aromatic rings. The quantitative estimate of drug-likeness (QED) is 0.734. The van der Waals surface area contributed by atoms with Gasteiger partial charge in [0.15, 0.2) is 0 Å². The molecule has 0 aliphatic heterocycles. The molecule has 21 heavy (non-hydrogen) atoms. The summed E-state index contributed by atoms with van der Waals surface area (Å²) in [4.78, 5) is 4.33. The van der Waals surface area contributed by atoms with Crippen molar-refractivity contribution in [3.05, 3.63) is 35.7 Å². The van der Waals surface area contributed by atoms with Crippen LogP contribution >= 0.6 is 11.8 Å². The van der Waals surface area contributed by atoms with Gasteiger partial charge in [-0.1, -0.05) is 30.8 Å². The van der Waals surface area contributed by atoms with Gasteiger partial charge in [0.1, 0.15) is 11.6 Å². The summed E-state index contributed by atoms with van der Waals surface area (Å²) in [5, 5.41) is 11.4. The van der Waals surface area contributed by atoms with E-state index in [0.717, 1.165) is 35.4 Å². The second kappa shape index (κ2) is 8.05. The Balaban J connectivity index is 2.05. The van der Waals surface area contributed by atoms with Gasteiger partial charge in [-0.05, 0) is 37.6 Å².